The minimum atomic E-state index is -0.308. The maximum absolute atomic E-state index is 11.1. The average molecular weight is 179 g/mol. The number of amides is 1. The highest BCUT2D eigenvalue weighted by molar-refractivity contribution is 5.94. The van der Waals surface area contributed by atoms with Gasteiger partial charge in [-0.2, -0.15) is 5.10 Å². The predicted molar refractivity (Wildman–Crippen MR) is 43.8 cm³/mol. The molecule has 13 heavy (non-hydrogen) atoms. The van der Waals surface area contributed by atoms with Gasteiger partial charge in [-0.25, -0.2) is 0 Å². The van der Waals surface area contributed by atoms with Crippen molar-refractivity contribution in [1.29, 1.82) is 0 Å². The Morgan fingerprint density at radius 2 is 2.54 bits per heavy atom. The van der Waals surface area contributed by atoms with Crippen LogP contribution in [0.1, 0.15) is 0 Å². The van der Waals surface area contributed by atoms with Crippen molar-refractivity contribution in [2.24, 2.45) is 0 Å². The molecule has 1 saturated heterocycles. The van der Waals surface area contributed by atoms with Crippen molar-refractivity contribution in [3.05, 3.63) is 18.5 Å². The maximum atomic E-state index is 11.1. The lowest BCUT2D eigenvalue weighted by Gasteiger charge is -2.35. The van der Waals surface area contributed by atoms with Crippen molar-refractivity contribution in [2.45, 2.75) is 12.6 Å². The molecule has 1 aromatic heterocycles. The van der Waals surface area contributed by atoms with Gasteiger partial charge in [0, 0.05) is 12.4 Å². The molecule has 0 aliphatic carbocycles. The Morgan fingerprint density at radius 3 is 3.08 bits per heavy atom. The van der Waals surface area contributed by atoms with Gasteiger partial charge in [-0.15, -0.1) is 0 Å². The molecule has 0 bridgehead atoms. The lowest BCUT2D eigenvalue weighted by atomic mass is 10.0. The highest BCUT2D eigenvalue weighted by Gasteiger charge is 2.36. The Morgan fingerprint density at radius 1 is 1.69 bits per heavy atom. The first-order chi connectivity index (χ1) is 6.31. The summed E-state index contributed by atoms with van der Waals surface area (Å²) in [7, 11) is 0. The van der Waals surface area contributed by atoms with Crippen LogP contribution in [0, 0.1) is 0 Å². The molecule has 0 unspecified atom stereocenters. The van der Waals surface area contributed by atoms with E-state index in [0.717, 1.165) is 0 Å². The number of Topliss-reactive ketones (excluding diaryl/α,β-unsaturated/α-hetero) is 1. The predicted octanol–water partition coefficient (Wildman–Crippen LogP) is -0.707. The summed E-state index contributed by atoms with van der Waals surface area (Å²) in [6.07, 6.45) is 4.12. The van der Waals surface area contributed by atoms with Crippen LogP contribution in [0.2, 0.25) is 0 Å². The SMILES string of the molecule is O=CN1CC(=O)[C@@H]1Cn1cccn1. The number of aromatic nitrogens is 2. The van der Waals surface area contributed by atoms with Crippen molar-refractivity contribution >= 4 is 12.2 Å². The Hall–Kier alpha value is -1.65. The highest BCUT2D eigenvalue weighted by Crippen LogP contribution is 2.12. The van der Waals surface area contributed by atoms with E-state index in [1.54, 1.807) is 23.1 Å². The standard InChI is InChI=1S/C8H9N3O2/c12-6-10-5-8(13)7(10)4-11-3-1-2-9-11/h1-3,6-7H,4-5H2/t7-/m0/s1. The van der Waals surface area contributed by atoms with Gasteiger partial charge >= 0.3 is 0 Å². The average Bonchev–Trinajstić information content (AvgIpc) is 2.62. The van der Waals surface area contributed by atoms with Gasteiger partial charge in [-0.05, 0) is 6.07 Å². The lowest BCUT2D eigenvalue weighted by molar-refractivity contribution is -0.145. The molecule has 1 aliphatic heterocycles. The molecule has 1 atom stereocenters. The fourth-order valence-electron chi connectivity index (χ4n) is 1.37. The van der Waals surface area contributed by atoms with Crippen LogP contribution in [0.15, 0.2) is 18.5 Å². The Bertz CT molecular complexity index is 320. The number of rotatable bonds is 3. The fraction of sp³-hybridized carbons (Fsp3) is 0.375. The van der Waals surface area contributed by atoms with Gasteiger partial charge in [0.25, 0.3) is 0 Å². The zero-order chi connectivity index (χ0) is 9.26. The second-order valence-electron chi connectivity index (χ2n) is 2.99. The summed E-state index contributed by atoms with van der Waals surface area (Å²) in [5, 5.41) is 3.96. The van der Waals surface area contributed by atoms with Gasteiger partial charge in [0.15, 0.2) is 5.78 Å². The molecule has 5 nitrogen and oxygen atoms in total. The van der Waals surface area contributed by atoms with E-state index in [4.69, 9.17) is 0 Å². The molecule has 0 N–H and O–H groups in total. The molecule has 2 rings (SSSR count). The third-order valence-corrected chi connectivity index (χ3v) is 2.16. The molecule has 1 amide bonds. The molecule has 1 aliphatic rings. The van der Waals surface area contributed by atoms with Crippen LogP contribution in [0.5, 0.6) is 0 Å². The number of nitrogens with zero attached hydrogens (tertiary/aromatic N) is 3. The van der Waals surface area contributed by atoms with Crippen molar-refractivity contribution in [2.75, 3.05) is 6.54 Å². The van der Waals surface area contributed by atoms with E-state index < -0.39 is 0 Å². The molecule has 0 aromatic carbocycles. The largest absolute Gasteiger partial charge is 0.326 e. The maximum Gasteiger partial charge on any atom is 0.210 e. The minimum absolute atomic E-state index is 0.0996. The molecule has 0 saturated carbocycles. The summed E-state index contributed by atoms with van der Waals surface area (Å²) in [6.45, 7) is 0.708. The van der Waals surface area contributed by atoms with Crippen molar-refractivity contribution in [3.63, 3.8) is 0 Å². The first kappa shape index (κ1) is 7.97. The molecule has 1 fully saturated rings. The van der Waals surface area contributed by atoms with Crippen LogP contribution in [-0.2, 0) is 16.1 Å². The van der Waals surface area contributed by atoms with E-state index in [2.05, 4.69) is 5.10 Å². The summed E-state index contributed by atoms with van der Waals surface area (Å²) in [6, 6.07) is 1.48. The van der Waals surface area contributed by atoms with Gasteiger partial charge in [-0.1, -0.05) is 0 Å². The van der Waals surface area contributed by atoms with Crippen molar-refractivity contribution in [3.8, 4) is 0 Å². The Labute approximate surface area is 74.9 Å². The normalized spacial score (nSPS) is 21.4. The van der Waals surface area contributed by atoms with Crippen LogP contribution in [-0.4, -0.2) is 39.5 Å². The number of ketones is 1. The third kappa shape index (κ3) is 1.32. The summed E-state index contributed by atoms with van der Waals surface area (Å²) in [5.74, 6) is 0.0996. The second-order valence-corrected chi connectivity index (χ2v) is 2.99. The number of carbonyl (C=O) groups is 2. The summed E-state index contributed by atoms with van der Waals surface area (Å²) >= 11 is 0. The Kier molecular flexibility index (Phi) is 1.84. The molecule has 5 heteroatoms. The monoisotopic (exact) mass is 179 g/mol. The van der Waals surface area contributed by atoms with Crippen LogP contribution < -0.4 is 0 Å². The van der Waals surface area contributed by atoms with E-state index in [0.29, 0.717) is 13.0 Å². The highest BCUT2D eigenvalue weighted by atomic mass is 16.2. The van der Waals surface area contributed by atoms with E-state index in [9.17, 15) is 9.59 Å². The van der Waals surface area contributed by atoms with Crippen molar-refractivity contribution < 1.29 is 9.59 Å². The van der Waals surface area contributed by atoms with Crippen LogP contribution in [0.25, 0.3) is 0 Å². The summed E-state index contributed by atoms with van der Waals surface area (Å²) < 4.78 is 1.65. The third-order valence-electron chi connectivity index (χ3n) is 2.16. The summed E-state index contributed by atoms with van der Waals surface area (Å²) in [4.78, 5) is 23.0. The lowest BCUT2D eigenvalue weighted by Crippen LogP contribution is -2.57. The first-order valence-corrected chi connectivity index (χ1v) is 4.02. The van der Waals surface area contributed by atoms with Gasteiger partial charge in [0.05, 0.1) is 13.1 Å². The number of hydrogen-bond acceptors (Lipinski definition) is 3. The van der Waals surface area contributed by atoms with Gasteiger partial charge in [-0.3, -0.25) is 14.3 Å². The molecule has 0 radical (unpaired) electrons. The second kappa shape index (κ2) is 3.01. The van der Waals surface area contributed by atoms with E-state index in [-0.39, 0.29) is 18.4 Å². The number of carbonyl (C=O) groups excluding carboxylic acids is 2. The number of likely N-dealkylation sites (tertiary alicyclic amines) is 1. The molecular weight excluding hydrogens is 170 g/mol. The first-order valence-electron chi connectivity index (χ1n) is 4.02. The molecule has 0 spiro atoms. The van der Waals surface area contributed by atoms with E-state index in [1.807, 2.05) is 0 Å². The van der Waals surface area contributed by atoms with Gasteiger partial charge < -0.3 is 4.90 Å². The fourth-order valence-corrected chi connectivity index (χ4v) is 1.37. The van der Waals surface area contributed by atoms with Crippen LogP contribution in [0.4, 0.5) is 0 Å². The molecular formula is C8H9N3O2. The molecule has 1 aromatic rings. The topological polar surface area (TPSA) is 55.2 Å². The molecule has 2 heterocycles. The Balaban J connectivity index is 2.01. The minimum Gasteiger partial charge on any atom is -0.326 e. The van der Waals surface area contributed by atoms with Crippen LogP contribution >= 0.6 is 0 Å². The zero-order valence-electron chi connectivity index (χ0n) is 6.96. The quantitative estimate of drug-likeness (QED) is 0.576. The number of hydrogen-bond donors (Lipinski definition) is 0. The zero-order valence-corrected chi connectivity index (χ0v) is 6.96. The smallest absolute Gasteiger partial charge is 0.210 e. The van der Waals surface area contributed by atoms with E-state index in [1.165, 1.54) is 4.90 Å². The van der Waals surface area contributed by atoms with Crippen LogP contribution in [0.3, 0.4) is 0 Å². The van der Waals surface area contributed by atoms with E-state index >= 15 is 0 Å². The van der Waals surface area contributed by atoms with Crippen molar-refractivity contribution in [1.82, 2.24) is 14.7 Å². The molecule has 68 valence electrons. The summed E-state index contributed by atoms with van der Waals surface area (Å²) in [5.41, 5.74) is 0. The van der Waals surface area contributed by atoms with Gasteiger partial charge in [0.2, 0.25) is 6.41 Å². The van der Waals surface area contributed by atoms with Gasteiger partial charge in [0.1, 0.15) is 6.04 Å².